The first-order valence-electron chi connectivity index (χ1n) is 8.93. The predicted octanol–water partition coefficient (Wildman–Crippen LogP) is 2.15. The van der Waals surface area contributed by atoms with Crippen molar-refractivity contribution in [1.29, 1.82) is 0 Å². The van der Waals surface area contributed by atoms with Crippen molar-refractivity contribution >= 4 is 11.7 Å². The number of nitrogens with zero attached hydrogens (tertiary/aromatic N) is 2. The molecule has 2 saturated heterocycles. The number of carbonyl (C=O) groups is 2. The maximum absolute atomic E-state index is 13.2. The first-order valence-corrected chi connectivity index (χ1v) is 8.93. The molecule has 124 valence electrons. The number of aromatic amines is 1. The second-order valence-electron chi connectivity index (χ2n) is 7.20. The number of likely N-dealkylation sites (tertiary alicyclic amines) is 2. The molecule has 3 heterocycles. The number of hydrogen-bond donors (Lipinski definition) is 1. The molecule has 1 N–H and O–H groups in total. The van der Waals surface area contributed by atoms with E-state index in [4.69, 9.17) is 0 Å². The van der Waals surface area contributed by atoms with E-state index in [0.29, 0.717) is 24.6 Å². The molecular weight excluding hydrogens is 290 g/mol. The Morgan fingerprint density at radius 2 is 1.96 bits per heavy atom. The average Bonchev–Trinajstić information content (AvgIpc) is 3.27. The highest BCUT2D eigenvalue weighted by atomic mass is 16.2. The van der Waals surface area contributed by atoms with E-state index in [1.807, 2.05) is 6.92 Å². The SMILES string of the molecule is Cc1[nH]c2c(c1C(=O)N1CCCC1CN1CCCC1)CCC2=O. The van der Waals surface area contributed by atoms with Crippen molar-refractivity contribution in [3.8, 4) is 0 Å². The van der Waals surface area contributed by atoms with Crippen LogP contribution in [0, 0.1) is 6.92 Å². The highest BCUT2D eigenvalue weighted by Crippen LogP contribution is 2.31. The molecule has 0 aromatic carbocycles. The molecule has 0 bridgehead atoms. The Balaban J connectivity index is 1.56. The van der Waals surface area contributed by atoms with Crippen LogP contribution in [0.2, 0.25) is 0 Å². The number of aromatic nitrogens is 1. The van der Waals surface area contributed by atoms with Gasteiger partial charge in [-0.3, -0.25) is 9.59 Å². The van der Waals surface area contributed by atoms with Gasteiger partial charge < -0.3 is 14.8 Å². The maximum Gasteiger partial charge on any atom is 0.256 e. The minimum Gasteiger partial charge on any atom is -0.355 e. The number of Topliss-reactive ketones (excluding diaryl/α,β-unsaturated/α-hetero) is 1. The number of hydrogen-bond acceptors (Lipinski definition) is 3. The van der Waals surface area contributed by atoms with Gasteiger partial charge in [0.25, 0.3) is 5.91 Å². The fourth-order valence-electron chi connectivity index (χ4n) is 4.52. The van der Waals surface area contributed by atoms with Crippen molar-refractivity contribution in [1.82, 2.24) is 14.8 Å². The lowest BCUT2D eigenvalue weighted by Crippen LogP contribution is -2.42. The van der Waals surface area contributed by atoms with Crippen LogP contribution >= 0.6 is 0 Å². The quantitative estimate of drug-likeness (QED) is 0.930. The number of aryl methyl sites for hydroxylation is 1. The Bertz CT molecular complexity index is 643. The third kappa shape index (κ3) is 2.51. The van der Waals surface area contributed by atoms with E-state index in [1.54, 1.807) is 0 Å². The molecule has 2 aliphatic heterocycles. The summed E-state index contributed by atoms with van der Waals surface area (Å²) in [5, 5.41) is 0. The molecule has 0 spiro atoms. The highest BCUT2D eigenvalue weighted by Gasteiger charge is 2.36. The van der Waals surface area contributed by atoms with Crippen LogP contribution in [0.25, 0.3) is 0 Å². The third-order valence-corrected chi connectivity index (χ3v) is 5.69. The van der Waals surface area contributed by atoms with E-state index in [0.717, 1.165) is 42.8 Å². The van der Waals surface area contributed by atoms with Crippen LogP contribution in [0.1, 0.15) is 64.2 Å². The number of nitrogens with one attached hydrogen (secondary N) is 1. The van der Waals surface area contributed by atoms with Crippen LogP contribution in [0.5, 0.6) is 0 Å². The van der Waals surface area contributed by atoms with E-state index in [9.17, 15) is 9.59 Å². The molecule has 4 rings (SSSR count). The average molecular weight is 315 g/mol. The molecule has 1 atom stereocenters. The molecule has 5 heteroatoms. The molecule has 23 heavy (non-hydrogen) atoms. The minimum absolute atomic E-state index is 0.136. The van der Waals surface area contributed by atoms with Crippen LogP contribution in [0.3, 0.4) is 0 Å². The van der Waals surface area contributed by atoms with Gasteiger partial charge in [-0.2, -0.15) is 0 Å². The molecule has 0 radical (unpaired) electrons. The van der Waals surface area contributed by atoms with E-state index in [-0.39, 0.29) is 11.7 Å². The second kappa shape index (κ2) is 5.78. The van der Waals surface area contributed by atoms with Gasteiger partial charge in [0.2, 0.25) is 0 Å². The summed E-state index contributed by atoms with van der Waals surface area (Å²) in [6, 6.07) is 0.336. The number of carbonyl (C=O) groups excluding carboxylic acids is 2. The molecule has 2 fully saturated rings. The Kier molecular flexibility index (Phi) is 3.76. The van der Waals surface area contributed by atoms with Crippen molar-refractivity contribution in [3.63, 3.8) is 0 Å². The van der Waals surface area contributed by atoms with Crippen molar-refractivity contribution in [2.75, 3.05) is 26.2 Å². The summed E-state index contributed by atoms with van der Waals surface area (Å²) < 4.78 is 0. The van der Waals surface area contributed by atoms with Crippen molar-refractivity contribution in [3.05, 3.63) is 22.5 Å². The van der Waals surface area contributed by atoms with Crippen molar-refractivity contribution in [2.24, 2.45) is 0 Å². The fraction of sp³-hybridized carbons (Fsp3) is 0.667. The zero-order valence-corrected chi connectivity index (χ0v) is 13.9. The van der Waals surface area contributed by atoms with Crippen molar-refractivity contribution in [2.45, 2.75) is 51.5 Å². The molecular formula is C18H25N3O2. The monoisotopic (exact) mass is 315 g/mol. The fourth-order valence-corrected chi connectivity index (χ4v) is 4.52. The highest BCUT2D eigenvalue weighted by molar-refractivity contribution is 6.06. The van der Waals surface area contributed by atoms with Gasteiger partial charge in [0.05, 0.1) is 11.3 Å². The van der Waals surface area contributed by atoms with E-state index < -0.39 is 0 Å². The summed E-state index contributed by atoms with van der Waals surface area (Å²) in [4.78, 5) is 32.8. The van der Waals surface area contributed by atoms with Crippen LogP contribution in [0.15, 0.2) is 0 Å². The molecule has 0 saturated carbocycles. The largest absolute Gasteiger partial charge is 0.355 e. The lowest BCUT2D eigenvalue weighted by Gasteiger charge is -2.29. The zero-order chi connectivity index (χ0) is 16.0. The van der Waals surface area contributed by atoms with Crippen LogP contribution < -0.4 is 0 Å². The Labute approximate surface area is 137 Å². The Morgan fingerprint density at radius 3 is 2.74 bits per heavy atom. The third-order valence-electron chi connectivity index (χ3n) is 5.69. The first-order chi connectivity index (χ1) is 11.1. The number of amides is 1. The predicted molar refractivity (Wildman–Crippen MR) is 87.9 cm³/mol. The van der Waals surface area contributed by atoms with Crippen LogP contribution in [-0.4, -0.2) is 58.7 Å². The van der Waals surface area contributed by atoms with Gasteiger partial charge in [-0.05, 0) is 57.7 Å². The summed E-state index contributed by atoms with van der Waals surface area (Å²) in [5.41, 5.74) is 3.28. The molecule has 1 aromatic heterocycles. The second-order valence-corrected chi connectivity index (χ2v) is 7.20. The van der Waals surface area contributed by atoms with Gasteiger partial charge in [-0.25, -0.2) is 0 Å². The van der Waals surface area contributed by atoms with Crippen LogP contribution in [0.4, 0.5) is 0 Å². The lowest BCUT2D eigenvalue weighted by molar-refractivity contribution is 0.0707. The Morgan fingerprint density at radius 1 is 1.17 bits per heavy atom. The lowest BCUT2D eigenvalue weighted by atomic mass is 10.1. The molecule has 1 amide bonds. The first kappa shape index (κ1) is 14.9. The summed E-state index contributed by atoms with van der Waals surface area (Å²) >= 11 is 0. The number of fused-ring (bicyclic) bond motifs is 1. The smallest absolute Gasteiger partial charge is 0.256 e. The summed E-state index contributed by atoms with van der Waals surface area (Å²) in [5.74, 6) is 0.286. The topological polar surface area (TPSA) is 56.4 Å². The van der Waals surface area contributed by atoms with Gasteiger partial charge in [-0.15, -0.1) is 0 Å². The standard InChI is InChI=1S/C18H25N3O2/c1-12-16(14-6-7-15(22)17(14)19-12)18(23)21-10-4-5-13(21)11-20-8-2-3-9-20/h13,19H,2-11H2,1H3. The van der Waals surface area contributed by atoms with Crippen LogP contribution in [-0.2, 0) is 6.42 Å². The zero-order valence-electron chi connectivity index (χ0n) is 13.9. The van der Waals surface area contributed by atoms with Gasteiger partial charge >= 0.3 is 0 Å². The van der Waals surface area contributed by atoms with Gasteiger partial charge in [0.15, 0.2) is 5.78 Å². The summed E-state index contributed by atoms with van der Waals surface area (Å²) in [6.45, 7) is 6.13. The van der Waals surface area contributed by atoms with Gasteiger partial charge in [-0.1, -0.05) is 0 Å². The van der Waals surface area contributed by atoms with Gasteiger partial charge in [0, 0.05) is 31.2 Å². The van der Waals surface area contributed by atoms with E-state index in [2.05, 4.69) is 14.8 Å². The number of ketones is 1. The number of rotatable bonds is 3. The summed E-state index contributed by atoms with van der Waals surface area (Å²) in [7, 11) is 0. The molecule has 1 unspecified atom stereocenters. The summed E-state index contributed by atoms with van der Waals surface area (Å²) in [6.07, 6.45) is 6.02. The minimum atomic E-state index is 0.136. The van der Waals surface area contributed by atoms with Gasteiger partial charge in [0.1, 0.15) is 0 Å². The van der Waals surface area contributed by atoms with E-state index in [1.165, 1.54) is 25.9 Å². The molecule has 3 aliphatic rings. The van der Waals surface area contributed by atoms with E-state index >= 15 is 0 Å². The van der Waals surface area contributed by atoms with Crippen molar-refractivity contribution < 1.29 is 9.59 Å². The number of H-pyrrole nitrogens is 1. The Hall–Kier alpha value is -1.62. The maximum atomic E-state index is 13.2. The molecule has 5 nitrogen and oxygen atoms in total. The molecule has 1 aromatic rings. The molecule has 1 aliphatic carbocycles. The normalized spacial score (nSPS) is 24.7.